The number of rotatable bonds is 4. The normalized spacial score (nSPS) is 13.6. The van der Waals surface area contributed by atoms with E-state index in [9.17, 15) is 9.18 Å². The third kappa shape index (κ3) is 3.14. The van der Waals surface area contributed by atoms with Crippen LogP contribution in [0.3, 0.4) is 0 Å². The number of hydrogen-bond donors (Lipinski definition) is 1. The van der Waals surface area contributed by atoms with Crippen LogP contribution >= 0.6 is 0 Å². The molecule has 0 unspecified atom stereocenters. The zero-order valence-corrected chi connectivity index (χ0v) is 15.8. The van der Waals surface area contributed by atoms with Crippen LogP contribution in [-0.4, -0.2) is 31.5 Å². The topological polar surface area (TPSA) is 72.7 Å². The number of amides is 1. The van der Waals surface area contributed by atoms with Crippen molar-refractivity contribution in [2.24, 2.45) is 0 Å². The molecule has 6 nitrogen and oxygen atoms in total. The maximum Gasteiger partial charge on any atom is 0.251 e. The molecule has 2 heterocycles. The molecule has 4 aromatic rings. The zero-order valence-electron chi connectivity index (χ0n) is 15.8. The first-order valence-corrected chi connectivity index (χ1v) is 9.46. The van der Waals surface area contributed by atoms with Crippen molar-refractivity contribution in [3.05, 3.63) is 72.1 Å². The molecule has 0 saturated heterocycles. The minimum atomic E-state index is -0.364. The Morgan fingerprint density at radius 2 is 1.97 bits per heavy atom. The van der Waals surface area contributed by atoms with Gasteiger partial charge in [-0.3, -0.25) is 9.36 Å². The highest BCUT2D eigenvalue weighted by molar-refractivity contribution is 5.95. The first-order valence-electron chi connectivity index (χ1n) is 9.46. The van der Waals surface area contributed by atoms with Crippen molar-refractivity contribution < 1.29 is 9.18 Å². The lowest BCUT2D eigenvalue weighted by molar-refractivity contribution is 0.0951. The van der Waals surface area contributed by atoms with E-state index in [0.29, 0.717) is 28.0 Å². The number of benzene rings is 2. The molecule has 1 aliphatic carbocycles. The Labute approximate surface area is 166 Å². The van der Waals surface area contributed by atoms with E-state index in [1.165, 1.54) is 12.4 Å². The number of carbonyl (C=O) groups excluding carboxylic acids is 1. The fourth-order valence-corrected chi connectivity index (χ4v) is 3.37. The molecule has 1 amide bonds. The number of aromatic nitrogens is 4. The molecule has 144 valence electrons. The summed E-state index contributed by atoms with van der Waals surface area (Å²) in [5, 5.41) is 3.01. The summed E-state index contributed by atoms with van der Waals surface area (Å²) in [4.78, 5) is 25.6. The van der Waals surface area contributed by atoms with Crippen molar-refractivity contribution in [2.75, 3.05) is 0 Å². The highest BCUT2D eigenvalue weighted by atomic mass is 19.1. The number of imidazole rings is 1. The van der Waals surface area contributed by atoms with Crippen LogP contribution in [0.5, 0.6) is 0 Å². The molecule has 1 aliphatic rings. The molecule has 1 saturated carbocycles. The third-order valence-corrected chi connectivity index (χ3v) is 5.11. The van der Waals surface area contributed by atoms with Gasteiger partial charge in [-0.05, 0) is 49.6 Å². The van der Waals surface area contributed by atoms with E-state index in [4.69, 9.17) is 0 Å². The van der Waals surface area contributed by atoms with Crippen molar-refractivity contribution in [3.63, 3.8) is 0 Å². The Morgan fingerprint density at radius 3 is 2.76 bits per heavy atom. The molecule has 5 rings (SSSR count). The summed E-state index contributed by atoms with van der Waals surface area (Å²) >= 11 is 0. The number of fused-ring (bicyclic) bond motifs is 1. The maximum atomic E-state index is 14.3. The van der Waals surface area contributed by atoms with Gasteiger partial charge in [0.15, 0.2) is 5.65 Å². The molecule has 2 aromatic carbocycles. The SMILES string of the molecule is Cc1ccc(C(=O)NC2CC2)cc1-n1cnc2c(-c3ccccc3F)ncnc21. The van der Waals surface area contributed by atoms with Gasteiger partial charge in [0.1, 0.15) is 29.7 Å². The predicted octanol–water partition coefficient (Wildman–Crippen LogP) is 3.82. The van der Waals surface area contributed by atoms with Crippen molar-refractivity contribution in [1.29, 1.82) is 0 Å². The smallest absolute Gasteiger partial charge is 0.251 e. The average Bonchev–Trinajstić information content (AvgIpc) is 3.44. The van der Waals surface area contributed by atoms with Gasteiger partial charge < -0.3 is 5.32 Å². The predicted molar refractivity (Wildman–Crippen MR) is 107 cm³/mol. The number of aryl methyl sites for hydroxylation is 1. The summed E-state index contributed by atoms with van der Waals surface area (Å²) in [7, 11) is 0. The summed E-state index contributed by atoms with van der Waals surface area (Å²) in [6.07, 6.45) is 5.11. The molecule has 29 heavy (non-hydrogen) atoms. The van der Waals surface area contributed by atoms with E-state index in [2.05, 4.69) is 20.3 Å². The van der Waals surface area contributed by atoms with Gasteiger partial charge in [-0.1, -0.05) is 18.2 Å². The molecule has 1 fully saturated rings. The maximum absolute atomic E-state index is 14.3. The van der Waals surface area contributed by atoms with Crippen LogP contribution in [0, 0.1) is 12.7 Å². The Morgan fingerprint density at radius 1 is 1.14 bits per heavy atom. The Bertz CT molecular complexity index is 1250. The van der Waals surface area contributed by atoms with E-state index in [-0.39, 0.29) is 17.8 Å². The van der Waals surface area contributed by atoms with Crippen molar-refractivity contribution in [3.8, 4) is 16.9 Å². The van der Waals surface area contributed by atoms with Gasteiger partial charge in [-0.25, -0.2) is 19.3 Å². The first kappa shape index (κ1) is 17.5. The fraction of sp³-hybridized carbons (Fsp3) is 0.182. The van der Waals surface area contributed by atoms with Gasteiger partial charge in [0, 0.05) is 17.2 Å². The van der Waals surface area contributed by atoms with Gasteiger partial charge in [0.05, 0.1) is 5.69 Å². The number of nitrogens with zero attached hydrogens (tertiary/aromatic N) is 4. The lowest BCUT2D eigenvalue weighted by Gasteiger charge is -2.11. The van der Waals surface area contributed by atoms with Crippen LogP contribution in [0.25, 0.3) is 28.1 Å². The zero-order chi connectivity index (χ0) is 20.0. The lowest BCUT2D eigenvalue weighted by Crippen LogP contribution is -2.25. The van der Waals surface area contributed by atoms with E-state index in [0.717, 1.165) is 24.1 Å². The van der Waals surface area contributed by atoms with Crippen molar-refractivity contribution in [2.45, 2.75) is 25.8 Å². The number of halogens is 1. The molecule has 0 aliphatic heterocycles. The molecule has 0 atom stereocenters. The molecular formula is C22H18FN5O. The van der Waals surface area contributed by atoms with Gasteiger partial charge in [-0.2, -0.15) is 0 Å². The summed E-state index contributed by atoms with van der Waals surface area (Å²) < 4.78 is 16.1. The highest BCUT2D eigenvalue weighted by Crippen LogP contribution is 2.28. The second-order valence-electron chi connectivity index (χ2n) is 7.24. The van der Waals surface area contributed by atoms with Crippen LogP contribution in [0.4, 0.5) is 4.39 Å². The first-order chi connectivity index (χ1) is 14.1. The number of carbonyl (C=O) groups is 1. The third-order valence-electron chi connectivity index (χ3n) is 5.11. The standard InChI is InChI=1S/C22H18FN5O/c1-13-6-7-14(22(29)27-15-8-9-15)10-18(13)28-12-26-20-19(24-11-25-21(20)28)16-4-2-3-5-17(16)23/h2-7,10-12,15H,8-9H2,1H3,(H,27,29). The van der Waals surface area contributed by atoms with E-state index in [1.54, 1.807) is 24.5 Å². The van der Waals surface area contributed by atoms with E-state index < -0.39 is 0 Å². The lowest BCUT2D eigenvalue weighted by atomic mass is 10.1. The fourth-order valence-electron chi connectivity index (χ4n) is 3.37. The summed E-state index contributed by atoms with van der Waals surface area (Å²) in [6.45, 7) is 1.96. The minimum Gasteiger partial charge on any atom is -0.349 e. The summed E-state index contributed by atoms with van der Waals surface area (Å²) in [6, 6.07) is 12.3. The Balaban J connectivity index is 1.62. The highest BCUT2D eigenvalue weighted by Gasteiger charge is 2.24. The monoisotopic (exact) mass is 387 g/mol. The van der Waals surface area contributed by atoms with Crippen LogP contribution in [-0.2, 0) is 0 Å². The molecule has 0 radical (unpaired) electrons. The molecule has 7 heteroatoms. The van der Waals surface area contributed by atoms with E-state index >= 15 is 0 Å². The van der Waals surface area contributed by atoms with Gasteiger partial charge in [0.25, 0.3) is 5.91 Å². The van der Waals surface area contributed by atoms with Crippen LogP contribution < -0.4 is 5.32 Å². The average molecular weight is 387 g/mol. The van der Waals surface area contributed by atoms with Crippen LogP contribution in [0.1, 0.15) is 28.8 Å². The molecule has 0 bridgehead atoms. The Kier molecular flexibility index (Phi) is 4.08. The van der Waals surface area contributed by atoms with Gasteiger partial charge >= 0.3 is 0 Å². The van der Waals surface area contributed by atoms with Crippen LogP contribution in [0.2, 0.25) is 0 Å². The van der Waals surface area contributed by atoms with Crippen molar-refractivity contribution in [1.82, 2.24) is 24.8 Å². The second kappa shape index (κ2) is 6.77. The van der Waals surface area contributed by atoms with E-state index in [1.807, 2.05) is 29.7 Å². The summed E-state index contributed by atoms with van der Waals surface area (Å²) in [5.74, 6) is -0.447. The Hall–Kier alpha value is -3.61. The summed E-state index contributed by atoms with van der Waals surface area (Å²) in [5.41, 5.74) is 4.23. The molecule has 0 spiro atoms. The number of hydrogen-bond acceptors (Lipinski definition) is 4. The van der Waals surface area contributed by atoms with Crippen molar-refractivity contribution >= 4 is 17.1 Å². The molecular weight excluding hydrogens is 369 g/mol. The minimum absolute atomic E-state index is 0.0835. The van der Waals surface area contributed by atoms with Gasteiger partial charge in [-0.15, -0.1) is 0 Å². The largest absolute Gasteiger partial charge is 0.349 e. The quantitative estimate of drug-likeness (QED) is 0.578. The molecule has 1 N–H and O–H groups in total. The molecule has 2 aromatic heterocycles. The van der Waals surface area contributed by atoms with Crippen LogP contribution in [0.15, 0.2) is 55.1 Å². The second-order valence-corrected chi connectivity index (χ2v) is 7.24. The number of nitrogens with one attached hydrogen (secondary N) is 1. The van der Waals surface area contributed by atoms with Gasteiger partial charge in [0.2, 0.25) is 0 Å².